The van der Waals surface area contributed by atoms with Crippen LogP contribution in [0.25, 0.3) is 33.5 Å². The van der Waals surface area contributed by atoms with Gasteiger partial charge in [0.1, 0.15) is 11.3 Å². The van der Waals surface area contributed by atoms with E-state index in [1.54, 1.807) is 0 Å². The van der Waals surface area contributed by atoms with E-state index in [-0.39, 0.29) is 0 Å². The number of aryl methyl sites for hydroxylation is 1. The molecule has 142 valence electrons. The molecule has 0 atom stereocenters. The third kappa shape index (κ3) is 2.74. The topological polar surface area (TPSA) is 22.2 Å². The number of hydrogen-bond donors (Lipinski definition) is 0. The number of allylic oxidation sites excluding steroid dienone is 1. The van der Waals surface area contributed by atoms with Crippen LogP contribution in [0.2, 0.25) is 0 Å². The SMILES string of the molecule is C=C(CC)c1ccn2c(C)c(-c3c(Br)c4ccccc4n3CC3CC3)nc2c1. The first-order valence-corrected chi connectivity index (χ1v) is 10.8. The molecule has 0 saturated heterocycles. The molecule has 1 aliphatic rings. The van der Waals surface area contributed by atoms with Gasteiger partial charge in [-0.1, -0.05) is 31.7 Å². The van der Waals surface area contributed by atoms with Crippen molar-refractivity contribution in [3.8, 4) is 11.4 Å². The van der Waals surface area contributed by atoms with Gasteiger partial charge in [-0.2, -0.15) is 0 Å². The van der Waals surface area contributed by atoms with Crippen LogP contribution in [-0.4, -0.2) is 14.0 Å². The fourth-order valence-corrected chi connectivity index (χ4v) is 4.79. The van der Waals surface area contributed by atoms with E-state index in [4.69, 9.17) is 4.98 Å². The molecular weight excluding hydrogens is 410 g/mol. The van der Waals surface area contributed by atoms with Crippen LogP contribution in [0, 0.1) is 12.8 Å². The quantitative estimate of drug-likeness (QED) is 0.336. The molecule has 28 heavy (non-hydrogen) atoms. The number of halogens is 1. The molecule has 1 aromatic carbocycles. The fraction of sp³-hybridized carbons (Fsp3) is 0.292. The van der Waals surface area contributed by atoms with Crippen LogP contribution in [0.3, 0.4) is 0 Å². The molecule has 4 heteroatoms. The lowest BCUT2D eigenvalue weighted by atomic mass is 10.1. The Balaban J connectivity index is 1.75. The zero-order valence-electron chi connectivity index (χ0n) is 16.4. The molecule has 1 aliphatic carbocycles. The van der Waals surface area contributed by atoms with E-state index in [0.29, 0.717) is 0 Å². The van der Waals surface area contributed by atoms with Gasteiger partial charge in [-0.05, 0) is 77.4 Å². The summed E-state index contributed by atoms with van der Waals surface area (Å²) in [6.45, 7) is 9.55. The number of para-hydroxylation sites is 1. The van der Waals surface area contributed by atoms with Gasteiger partial charge >= 0.3 is 0 Å². The molecule has 5 rings (SSSR count). The maximum absolute atomic E-state index is 5.08. The molecule has 3 nitrogen and oxygen atoms in total. The molecule has 0 unspecified atom stereocenters. The highest BCUT2D eigenvalue weighted by atomic mass is 79.9. The summed E-state index contributed by atoms with van der Waals surface area (Å²) >= 11 is 3.91. The number of aromatic nitrogens is 3. The minimum absolute atomic E-state index is 0.790. The summed E-state index contributed by atoms with van der Waals surface area (Å²) in [6.07, 6.45) is 5.73. The zero-order valence-corrected chi connectivity index (χ0v) is 18.0. The molecule has 3 heterocycles. The molecule has 1 fully saturated rings. The molecule has 3 aromatic heterocycles. The second kappa shape index (κ2) is 6.63. The number of rotatable bonds is 5. The lowest BCUT2D eigenvalue weighted by molar-refractivity contribution is 0.651. The third-order valence-electron chi connectivity index (χ3n) is 5.97. The number of fused-ring (bicyclic) bond motifs is 2. The molecule has 0 spiro atoms. The summed E-state index contributed by atoms with van der Waals surface area (Å²) in [5.74, 6) is 0.790. The van der Waals surface area contributed by atoms with Crippen molar-refractivity contribution in [1.29, 1.82) is 0 Å². The van der Waals surface area contributed by atoms with Crippen molar-refractivity contribution in [3.05, 3.63) is 64.9 Å². The maximum Gasteiger partial charge on any atom is 0.138 e. The molecule has 0 bridgehead atoms. The molecule has 0 amide bonds. The monoisotopic (exact) mass is 433 g/mol. The lowest BCUT2D eigenvalue weighted by Gasteiger charge is -2.10. The van der Waals surface area contributed by atoms with Gasteiger partial charge in [-0.25, -0.2) is 4.98 Å². The van der Waals surface area contributed by atoms with Crippen molar-refractivity contribution in [2.24, 2.45) is 5.92 Å². The van der Waals surface area contributed by atoms with Gasteiger partial charge in [0.15, 0.2) is 0 Å². The minimum Gasteiger partial charge on any atom is -0.338 e. The second-order valence-electron chi connectivity index (χ2n) is 7.88. The average molecular weight is 434 g/mol. The molecule has 0 radical (unpaired) electrons. The van der Waals surface area contributed by atoms with Crippen molar-refractivity contribution in [2.75, 3.05) is 0 Å². The number of hydrogen-bond acceptors (Lipinski definition) is 1. The highest BCUT2D eigenvalue weighted by Gasteiger charge is 2.27. The van der Waals surface area contributed by atoms with Gasteiger partial charge in [0.25, 0.3) is 0 Å². The van der Waals surface area contributed by atoms with Crippen LogP contribution >= 0.6 is 15.9 Å². The number of benzene rings is 1. The van der Waals surface area contributed by atoms with Crippen molar-refractivity contribution in [1.82, 2.24) is 14.0 Å². The first-order chi connectivity index (χ1) is 13.6. The van der Waals surface area contributed by atoms with Gasteiger partial charge < -0.3 is 8.97 Å². The summed E-state index contributed by atoms with van der Waals surface area (Å²) < 4.78 is 5.80. The Kier molecular flexibility index (Phi) is 4.20. The van der Waals surface area contributed by atoms with Crippen molar-refractivity contribution in [3.63, 3.8) is 0 Å². The molecule has 1 saturated carbocycles. The predicted molar refractivity (Wildman–Crippen MR) is 121 cm³/mol. The standard InChI is InChI=1S/C24H24BrN3/c1-4-15(2)18-11-12-27-16(3)23(26-21(27)13-18)24-22(25)19-7-5-6-8-20(19)28(24)14-17-9-10-17/h5-8,11-13,17H,2,4,9-10,14H2,1,3H3. The zero-order chi connectivity index (χ0) is 19.4. The van der Waals surface area contributed by atoms with E-state index in [1.165, 1.54) is 40.7 Å². The van der Waals surface area contributed by atoms with Gasteiger partial charge in [0.05, 0.1) is 10.2 Å². The van der Waals surface area contributed by atoms with E-state index < -0.39 is 0 Å². The van der Waals surface area contributed by atoms with Crippen LogP contribution in [0.15, 0.2) is 53.6 Å². The van der Waals surface area contributed by atoms with Gasteiger partial charge in [0.2, 0.25) is 0 Å². The predicted octanol–water partition coefficient (Wildman–Crippen LogP) is 6.86. The second-order valence-corrected chi connectivity index (χ2v) is 8.67. The van der Waals surface area contributed by atoms with Crippen LogP contribution < -0.4 is 0 Å². The number of imidazole rings is 1. The summed E-state index contributed by atoms with van der Waals surface area (Å²) in [5.41, 5.74) is 8.01. The summed E-state index contributed by atoms with van der Waals surface area (Å²) in [4.78, 5) is 5.08. The van der Waals surface area contributed by atoms with Crippen molar-refractivity contribution in [2.45, 2.75) is 39.7 Å². The van der Waals surface area contributed by atoms with E-state index in [2.05, 4.69) is 87.9 Å². The molecular formula is C24H24BrN3. The van der Waals surface area contributed by atoms with Crippen molar-refractivity contribution < 1.29 is 0 Å². The minimum atomic E-state index is 0.790. The van der Waals surface area contributed by atoms with E-state index in [0.717, 1.165) is 40.3 Å². The summed E-state index contributed by atoms with van der Waals surface area (Å²) in [6, 6.07) is 13.0. The highest BCUT2D eigenvalue weighted by Crippen LogP contribution is 2.42. The Morgan fingerprint density at radius 2 is 2.04 bits per heavy atom. The first kappa shape index (κ1) is 17.7. The smallest absolute Gasteiger partial charge is 0.138 e. The number of nitrogens with zero attached hydrogens (tertiary/aromatic N) is 3. The van der Waals surface area contributed by atoms with Crippen molar-refractivity contribution >= 4 is 38.1 Å². The normalized spacial score (nSPS) is 14.2. The Bertz CT molecular complexity index is 1220. The molecule has 0 aliphatic heterocycles. The molecule has 0 N–H and O–H groups in total. The Morgan fingerprint density at radius 1 is 1.25 bits per heavy atom. The third-order valence-corrected chi connectivity index (χ3v) is 6.77. The van der Waals surface area contributed by atoms with Crippen LogP contribution in [-0.2, 0) is 6.54 Å². The van der Waals surface area contributed by atoms with E-state index >= 15 is 0 Å². The van der Waals surface area contributed by atoms with Crippen LogP contribution in [0.4, 0.5) is 0 Å². The van der Waals surface area contributed by atoms with E-state index in [9.17, 15) is 0 Å². The Labute approximate surface area is 173 Å². The summed E-state index contributed by atoms with van der Waals surface area (Å²) in [7, 11) is 0. The Morgan fingerprint density at radius 3 is 2.79 bits per heavy atom. The maximum atomic E-state index is 5.08. The average Bonchev–Trinajstić information content (AvgIpc) is 3.43. The lowest BCUT2D eigenvalue weighted by Crippen LogP contribution is -2.03. The fourth-order valence-electron chi connectivity index (χ4n) is 4.06. The largest absolute Gasteiger partial charge is 0.338 e. The summed E-state index contributed by atoms with van der Waals surface area (Å²) in [5, 5.41) is 1.26. The van der Waals surface area contributed by atoms with Crippen LogP contribution in [0.1, 0.15) is 37.4 Å². The van der Waals surface area contributed by atoms with Gasteiger partial charge in [-0.15, -0.1) is 0 Å². The van der Waals surface area contributed by atoms with E-state index in [1.807, 2.05) is 0 Å². The van der Waals surface area contributed by atoms with Gasteiger partial charge in [0, 0.05) is 29.3 Å². The molecule has 4 aromatic rings. The Hall–Kier alpha value is -2.33. The van der Waals surface area contributed by atoms with Gasteiger partial charge in [-0.3, -0.25) is 0 Å². The van der Waals surface area contributed by atoms with Crippen LogP contribution in [0.5, 0.6) is 0 Å². The highest BCUT2D eigenvalue weighted by molar-refractivity contribution is 9.10. The first-order valence-electron chi connectivity index (χ1n) is 10.0. The number of pyridine rings is 1.